The molecule has 0 aliphatic heterocycles. The highest BCUT2D eigenvalue weighted by molar-refractivity contribution is 6.10. The number of ether oxygens (including phenoxy) is 3. The quantitative estimate of drug-likeness (QED) is 0.313. The number of nitrogen functional groups attached to an aromatic ring is 1. The van der Waals surface area contributed by atoms with Gasteiger partial charge in [-0.3, -0.25) is 9.97 Å². The molecule has 0 fully saturated rings. The fourth-order valence-corrected chi connectivity index (χ4v) is 4.22. The van der Waals surface area contributed by atoms with E-state index in [1.165, 1.54) is 5.56 Å². The monoisotopic (exact) mass is 481 g/mol. The largest absolute Gasteiger partial charge is 0.493 e. The molecule has 0 bridgehead atoms. The van der Waals surface area contributed by atoms with Gasteiger partial charge in [0.15, 0.2) is 11.5 Å². The lowest BCUT2D eigenvalue weighted by Crippen LogP contribution is -2.30. The van der Waals surface area contributed by atoms with Crippen molar-refractivity contribution in [2.75, 3.05) is 26.6 Å². The van der Waals surface area contributed by atoms with Gasteiger partial charge in [-0.15, -0.1) is 0 Å². The van der Waals surface area contributed by atoms with E-state index in [1.807, 2.05) is 42.5 Å². The van der Waals surface area contributed by atoms with Crippen LogP contribution in [-0.2, 0) is 6.42 Å². The molecule has 0 aliphatic rings. The first-order valence-corrected chi connectivity index (χ1v) is 11.5. The van der Waals surface area contributed by atoms with Gasteiger partial charge >= 0.3 is 0 Å². The van der Waals surface area contributed by atoms with Crippen LogP contribution in [0.25, 0.3) is 32.9 Å². The summed E-state index contributed by atoms with van der Waals surface area (Å²) in [7, 11) is 3.20. The lowest BCUT2D eigenvalue weighted by Gasteiger charge is -2.14. The number of nitrogens with two attached hydrogens (primary N) is 2. The molecule has 5 aromatic rings. The first-order valence-electron chi connectivity index (χ1n) is 11.5. The van der Waals surface area contributed by atoms with Crippen molar-refractivity contribution in [1.29, 1.82) is 0 Å². The Morgan fingerprint density at radius 3 is 2.42 bits per heavy atom. The second-order valence-corrected chi connectivity index (χ2v) is 8.51. The summed E-state index contributed by atoms with van der Waals surface area (Å²) in [5.74, 6) is 2.21. The van der Waals surface area contributed by atoms with Crippen molar-refractivity contribution in [3.8, 4) is 28.5 Å². The van der Waals surface area contributed by atoms with Crippen LogP contribution in [0.4, 0.5) is 5.82 Å². The van der Waals surface area contributed by atoms with Gasteiger partial charge in [0.25, 0.3) is 0 Å². The van der Waals surface area contributed by atoms with Gasteiger partial charge in [0.05, 0.1) is 31.6 Å². The molecule has 3 heterocycles. The molecule has 8 heteroatoms. The molecule has 2 aromatic carbocycles. The Balaban J connectivity index is 1.45. The summed E-state index contributed by atoms with van der Waals surface area (Å²) in [4.78, 5) is 13.5. The lowest BCUT2D eigenvalue weighted by molar-refractivity contribution is 0.286. The van der Waals surface area contributed by atoms with Crippen LogP contribution in [0, 0.1) is 0 Å². The number of rotatable bonds is 8. The van der Waals surface area contributed by atoms with Crippen LogP contribution in [0.1, 0.15) is 5.56 Å². The summed E-state index contributed by atoms with van der Waals surface area (Å²) in [5, 5.41) is 2.54. The second kappa shape index (κ2) is 10.1. The number of hydrogen-bond acceptors (Lipinski definition) is 8. The summed E-state index contributed by atoms with van der Waals surface area (Å²) < 4.78 is 16.9. The Labute approximate surface area is 208 Å². The molecular weight excluding hydrogens is 454 g/mol. The maximum atomic E-state index is 6.35. The van der Waals surface area contributed by atoms with E-state index in [2.05, 4.69) is 27.1 Å². The molecule has 8 nitrogen and oxygen atoms in total. The van der Waals surface area contributed by atoms with Gasteiger partial charge < -0.3 is 25.7 Å². The van der Waals surface area contributed by atoms with Crippen LogP contribution < -0.4 is 25.7 Å². The molecule has 0 amide bonds. The summed E-state index contributed by atoms with van der Waals surface area (Å²) in [6, 6.07) is 17.6. The standard InChI is InChI=1S/C28H27N5O3/c1-34-26-11-22-21-10-24(33-28(30)23(21)15-32-25(22)12-27(26)35-2)18-9-20(14-31-13-18)36-16-19(29)8-17-6-4-3-5-7-17/h3-7,9-15,19H,8,16,29H2,1-2H3,(H2,30,33)/t19-/m1/s1. The summed E-state index contributed by atoms with van der Waals surface area (Å²) in [6.07, 6.45) is 5.85. The van der Waals surface area contributed by atoms with Crippen LogP contribution in [0.2, 0.25) is 0 Å². The van der Waals surface area contributed by atoms with Gasteiger partial charge in [0, 0.05) is 40.8 Å². The average Bonchev–Trinajstić information content (AvgIpc) is 2.91. The number of methoxy groups -OCH3 is 2. The fourth-order valence-electron chi connectivity index (χ4n) is 4.22. The smallest absolute Gasteiger partial charge is 0.162 e. The third-order valence-electron chi connectivity index (χ3n) is 6.03. The maximum absolute atomic E-state index is 6.35. The number of anilines is 1. The number of benzene rings is 2. The third kappa shape index (κ3) is 4.71. The average molecular weight is 482 g/mol. The zero-order valence-corrected chi connectivity index (χ0v) is 20.1. The van der Waals surface area contributed by atoms with Crippen LogP contribution in [0.3, 0.4) is 0 Å². The van der Waals surface area contributed by atoms with E-state index in [0.29, 0.717) is 35.4 Å². The highest BCUT2D eigenvalue weighted by Gasteiger charge is 2.14. The SMILES string of the molecule is COc1cc2ncc3c(N)nc(-c4cncc(OC[C@H](N)Cc5ccccc5)c4)cc3c2cc1OC. The van der Waals surface area contributed by atoms with E-state index in [1.54, 1.807) is 32.8 Å². The van der Waals surface area contributed by atoms with Crippen molar-refractivity contribution in [1.82, 2.24) is 15.0 Å². The Hall–Kier alpha value is -4.43. The molecule has 4 N–H and O–H groups in total. The molecular formula is C28H27N5O3. The van der Waals surface area contributed by atoms with E-state index >= 15 is 0 Å². The van der Waals surface area contributed by atoms with Gasteiger partial charge in [-0.1, -0.05) is 30.3 Å². The first kappa shape index (κ1) is 23.3. The Bertz CT molecular complexity index is 1530. The van der Waals surface area contributed by atoms with Gasteiger partial charge in [0.2, 0.25) is 0 Å². The molecule has 0 saturated carbocycles. The predicted molar refractivity (Wildman–Crippen MR) is 141 cm³/mol. The van der Waals surface area contributed by atoms with E-state index in [4.69, 9.17) is 25.7 Å². The van der Waals surface area contributed by atoms with Crippen LogP contribution in [-0.4, -0.2) is 41.8 Å². The Morgan fingerprint density at radius 1 is 0.861 bits per heavy atom. The predicted octanol–water partition coefficient (Wildman–Crippen LogP) is 4.39. The van der Waals surface area contributed by atoms with Crippen molar-refractivity contribution >= 4 is 27.5 Å². The van der Waals surface area contributed by atoms with Gasteiger partial charge in [-0.25, -0.2) is 4.98 Å². The molecule has 0 radical (unpaired) electrons. The molecule has 0 saturated heterocycles. The van der Waals surface area contributed by atoms with Crippen LogP contribution in [0.5, 0.6) is 17.2 Å². The third-order valence-corrected chi connectivity index (χ3v) is 6.03. The van der Waals surface area contributed by atoms with Crippen molar-refractivity contribution < 1.29 is 14.2 Å². The van der Waals surface area contributed by atoms with Gasteiger partial charge in [-0.05, 0) is 35.6 Å². The first-order chi connectivity index (χ1) is 17.6. The van der Waals surface area contributed by atoms with Gasteiger partial charge in [0.1, 0.15) is 18.2 Å². The molecule has 3 aromatic heterocycles. The second-order valence-electron chi connectivity index (χ2n) is 8.51. The molecule has 0 unspecified atom stereocenters. The normalized spacial score (nSPS) is 12.0. The van der Waals surface area contributed by atoms with E-state index in [9.17, 15) is 0 Å². The number of pyridine rings is 3. The van der Waals surface area contributed by atoms with Crippen LogP contribution in [0.15, 0.2) is 73.2 Å². The van der Waals surface area contributed by atoms with Crippen LogP contribution >= 0.6 is 0 Å². The summed E-state index contributed by atoms with van der Waals surface area (Å²) in [6.45, 7) is 0.366. The minimum atomic E-state index is -0.142. The maximum Gasteiger partial charge on any atom is 0.162 e. The summed E-state index contributed by atoms with van der Waals surface area (Å²) >= 11 is 0. The molecule has 1 atom stereocenters. The van der Waals surface area contributed by atoms with E-state index < -0.39 is 0 Å². The number of fused-ring (bicyclic) bond motifs is 3. The van der Waals surface area contributed by atoms with Crippen molar-refractivity contribution in [2.45, 2.75) is 12.5 Å². The lowest BCUT2D eigenvalue weighted by atomic mass is 10.0. The number of nitrogens with zero attached hydrogens (tertiary/aromatic N) is 3. The van der Waals surface area contributed by atoms with Crippen molar-refractivity contribution in [3.05, 3.63) is 78.8 Å². The highest BCUT2D eigenvalue weighted by atomic mass is 16.5. The number of hydrogen-bond donors (Lipinski definition) is 2. The van der Waals surface area contributed by atoms with Crippen molar-refractivity contribution in [3.63, 3.8) is 0 Å². The highest BCUT2D eigenvalue weighted by Crippen LogP contribution is 2.37. The molecule has 182 valence electrons. The van der Waals surface area contributed by atoms with Gasteiger partial charge in [-0.2, -0.15) is 0 Å². The number of aromatic nitrogens is 3. The zero-order valence-electron chi connectivity index (χ0n) is 20.1. The molecule has 0 aliphatic carbocycles. The summed E-state index contributed by atoms with van der Waals surface area (Å²) in [5.41, 5.74) is 16.0. The molecule has 5 rings (SSSR count). The topological polar surface area (TPSA) is 118 Å². The van der Waals surface area contributed by atoms with E-state index in [-0.39, 0.29) is 6.04 Å². The van der Waals surface area contributed by atoms with Crippen molar-refractivity contribution in [2.24, 2.45) is 5.73 Å². The Morgan fingerprint density at radius 2 is 1.64 bits per heavy atom. The Kier molecular flexibility index (Phi) is 6.51. The minimum Gasteiger partial charge on any atom is -0.493 e. The molecule has 0 spiro atoms. The van der Waals surface area contributed by atoms with E-state index in [0.717, 1.165) is 33.7 Å². The zero-order chi connectivity index (χ0) is 25.1. The minimum absolute atomic E-state index is 0.142. The fraction of sp³-hybridized carbons (Fsp3) is 0.179. The molecule has 36 heavy (non-hydrogen) atoms.